The molecule has 0 aliphatic heterocycles. The number of fused-ring (bicyclic) bond motifs is 7. The molecule has 0 amide bonds. The van der Waals surface area contributed by atoms with Crippen LogP contribution in [0.15, 0.2) is 11.6 Å². The third-order valence-electron chi connectivity index (χ3n) is 12.8. The quantitative estimate of drug-likeness (QED) is 0.342. The highest BCUT2D eigenvalue weighted by atomic mass is 16.3. The maximum absolute atomic E-state index is 13.3. The zero-order chi connectivity index (χ0) is 23.4. The molecule has 2 nitrogen and oxygen atoms in total. The lowest BCUT2D eigenvalue weighted by Gasteiger charge is -2.70. The SMILES string of the molecule is CC1(C)CC[C@]2(C)CC[C@]3(C=O)C(=CCC4[C@@]5(C)CC[C@H](O)C(C)(C)C5CC[C@]43C)C2C1. The van der Waals surface area contributed by atoms with E-state index >= 15 is 0 Å². The van der Waals surface area contributed by atoms with Crippen LogP contribution in [0.25, 0.3) is 0 Å². The molecule has 2 heteroatoms. The van der Waals surface area contributed by atoms with Gasteiger partial charge in [0.15, 0.2) is 0 Å². The molecule has 5 rings (SSSR count). The van der Waals surface area contributed by atoms with Crippen LogP contribution in [0.2, 0.25) is 0 Å². The number of aliphatic hydroxyl groups is 1. The summed E-state index contributed by atoms with van der Waals surface area (Å²) in [5, 5.41) is 10.9. The lowest BCUT2D eigenvalue weighted by Crippen LogP contribution is -2.65. The molecule has 5 aliphatic carbocycles. The van der Waals surface area contributed by atoms with Crippen molar-refractivity contribution in [2.45, 2.75) is 119 Å². The summed E-state index contributed by atoms with van der Waals surface area (Å²) in [4.78, 5) is 13.3. The molecule has 1 N–H and O–H groups in total. The monoisotopic (exact) mass is 440 g/mol. The topological polar surface area (TPSA) is 37.3 Å². The van der Waals surface area contributed by atoms with Crippen LogP contribution in [0.5, 0.6) is 0 Å². The van der Waals surface area contributed by atoms with E-state index < -0.39 is 0 Å². The van der Waals surface area contributed by atoms with Gasteiger partial charge in [0.05, 0.1) is 11.5 Å². The average molecular weight is 441 g/mol. The summed E-state index contributed by atoms with van der Waals surface area (Å²) in [7, 11) is 0. The number of hydrogen-bond acceptors (Lipinski definition) is 2. The molecule has 0 bridgehead atoms. The van der Waals surface area contributed by atoms with E-state index in [1.54, 1.807) is 5.57 Å². The zero-order valence-electron chi connectivity index (χ0n) is 21.9. The lowest BCUT2D eigenvalue weighted by atomic mass is 9.33. The van der Waals surface area contributed by atoms with Gasteiger partial charge >= 0.3 is 0 Å². The van der Waals surface area contributed by atoms with E-state index in [4.69, 9.17) is 0 Å². The summed E-state index contributed by atoms with van der Waals surface area (Å²) in [6.07, 6.45) is 15.4. The Morgan fingerprint density at radius 3 is 2.25 bits per heavy atom. The third-order valence-corrected chi connectivity index (χ3v) is 12.8. The first-order chi connectivity index (χ1) is 14.8. The van der Waals surface area contributed by atoms with Gasteiger partial charge in [-0.05, 0) is 109 Å². The molecule has 0 saturated heterocycles. The number of rotatable bonds is 1. The molecule has 0 aromatic rings. The van der Waals surface area contributed by atoms with E-state index in [9.17, 15) is 9.90 Å². The molecule has 0 spiro atoms. The molecule has 0 radical (unpaired) electrons. The molecule has 180 valence electrons. The fraction of sp³-hybridized carbons (Fsp3) is 0.900. The van der Waals surface area contributed by atoms with Gasteiger partial charge < -0.3 is 9.90 Å². The van der Waals surface area contributed by atoms with Crippen LogP contribution in [-0.2, 0) is 4.79 Å². The van der Waals surface area contributed by atoms with Crippen molar-refractivity contribution in [3.05, 3.63) is 11.6 Å². The zero-order valence-corrected chi connectivity index (χ0v) is 21.9. The first kappa shape index (κ1) is 23.1. The second-order valence-electron chi connectivity index (χ2n) is 15.0. The highest BCUT2D eigenvalue weighted by molar-refractivity contribution is 5.69. The van der Waals surface area contributed by atoms with Crippen LogP contribution < -0.4 is 0 Å². The van der Waals surface area contributed by atoms with Gasteiger partial charge in [0.2, 0.25) is 0 Å². The molecule has 4 saturated carbocycles. The van der Waals surface area contributed by atoms with E-state index in [1.807, 2.05) is 0 Å². The average Bonchev–Trinajstić information content (AvgIpc) is 2.71. The molecule has 0 heterocycles. The number of hydrogen-bond donors (Lipinski definition) is 1. The van der Waals surface area contributed by atoms with Crippen molar-refractivity contribution in [1.82, 2.24) is 0 Å². The van der Waals surface area contributed by atoms with E-state index in [2.05, 4.69) is 54.5 Å². The van der Waals surface area contributed by atoms with E-state index in [0.717, 1.165) is 38.5 Å². The standard InChI is InChI=1S/C30H48O2/c1-25(2)14-15-27(5)16-17-30(19-31)20(21(27)18-25)8-9-23-28(6)12-11-24(32)26(3,4)22(28)10-13-29(23,30)7/h8,19,21-24,32H,9-18H2,1-7H3/t21?,22?,23?,24-,27+,28-,29+,30-/m0/s1. The van der Waals surface area contributed by atoms with Gasteiger partial charge in [0.1, 0.15) is 6.29 Å². The smallest absolute Gasteiger partial charge is 0.130 e. The summed E-state index contributed by atoms with van der Waals surface area (Å²) < 4.78 is 0. The Labute approximate surface area is 197 Å². The number of carbonyl (C=O) groups is 1. The summed E-state index contributed by atoms with van der Waals surface area (Å²) in [6.45, 7) is 17.1. The number of aliphatic hydroxyl groups excluding tert-OH is 1. The minimum Gasteiger partial charge on any atom is -0.393 e. The maximum atomic E-state index is 13.3. The van der Waals surface area contributed by atoms with Crippen molar-refractivity contribution in [3.8, 4) is 0 Å². The van der Waals surface area contributed by atoms with E-state index in [-0.39, 0.29) is 27.8 Å². The highest BCUT2D eigenvalue weighted by Gasteiger charge is 2.69. The van der Waals surface area contributed by atoms with E-state index in [0.29, 0.717) is 28.6 Å². The second-order valence-corrected chi connectivity index (χ2v) is 15.0. The molecule has 3 unspecified atom stereocenters. The van der Waals surface area contributed by atoms with Gasteiger partial charge in [-0.3, -0.25) is 0 Å². The fourth-order valence-electron chi connectivity index (χ4n) is 10.5. The van der Waals surface area contributed by atoms with Gasteiger partial charge in [0.25, 0.3) is 0 Å². The summed E-state index contributed by atoms with van der Waals surface area (Å²) in [5.74, 6) is 1.64. The molecule has 32 heavy (non-hydrogen) atoms. The summed E-state index contributed by atoms with van der Waals surface area (Å²) in [5.41, 5.74) is 2.24. The van der Waals surface area contributed by atoms with Crippen LogP contribution in [-0.4, -0.2) is 17.5 Å². The Morgan fingerprint density at radius 2 is 1.56 bits per heavy atom. The minimum absolute atomic E-state index is 0.0365. The number of carbonyl (C=O) groups excluding carboxylic acids is 1. The van der Waals surface area contributed by atoms with Crippen molar-refractivity contribution in [1.29, 1.82) is 0 Å². The second kappa shape index (κ2) is 6.73. The minimum atomic E-state index is -0.276. The van der Waals surface area contributed by atoms with Crippen LogP contribution in [0.1, 0.15) is 113 Å². The molecule has 8 atom stereocenters. The Balaban J connectivity index is 1.61. The van der Waals surface area contributed by atoms with Crippen molar-refractivity contribution < 1.29 is 9.90 Å². The Kier molecular flexibility index (Phi) is 4.87. The Bertz CT molecular complexity index is 838. The first-order valence-corrected chi connectivity index (χ1v) is 13.6. The van der Waals surface area contributed by atoms with Crippen molar-refractivity contribution in [2.24, 2.45) is 50.2 Å². The van der Waals surface area contributed by atoms with Crippen LogP contribution in [0.4, 0.5) is 0 Å². The number of allylic oxidation sites excluding steroid dienone is 2. The first-order valence-electron chi connectivity index (χ1n) is 13.6. The van der Waals surface area contributed by atoms with Gasteiger partial charge in [0, 0.05) is 0 Å². The van der Waals surface area contributed by atoms with Gasteiger partial charge in [-0.15, -0.1) is 0 Å². The van der Waals surface area contributed by atoms with Crippen LogP contribution >= 0.6 is 0 Å². The van der Waals surface area contributed by atoms with Crippen molar-refractivity contribution >= 4 is 6.29 Å². The largest absolute Gasteiger partial charge is 0.393 e. The molecule has 4 fully saturated rings. The molecule has 5 aliphatic rings. The van der Waals surface area contributed by atoms with Crippen molar-refractivity contribution in [2.75, 3.05) is 0 Å². The lowest BCUT2D eigenvalue weighted by molar-refractivity contribution is -0.202. The maximum Gasteiger partial charge on any atom is 0.130 e. The fourth-order valence-corrected chi connectivity index (χ4v) is 10.5. The van der Waals surface area contributed by atoms with E-state index in [1.165, 1.54) is 32.0 Å². The molecule has 0 aromatic heterocycles. The predicted molar refractivity (Wildman–Crippen MR) is 131 cm³/mol. The van der Waals surface area contributed by atoms with Gasteiger partial charge in [-0.25, -0.2) is 0 Å². The predicted octanol–water partition coefficient (Wildman–Crippen LogP) is 7.35. The van der Waals surface area contributed by atoms with Gasteiger partial charge in [-0.2, -0.15) is 0 Å². The normalized spacial score (nSPS) is 53.7. The Hall–Kier alpha value is -0.630. The van der Waals surface area contributed by atoms with Gasteiger partial charge in [-0.1, -0.05) is 60.1 Å². The highest BCUT2D eigenvalue weighted by Crippen LogP contribution is 2.75. The van der Waals surface area contributed by atoms with Crippen molar-refractivity contribution in [3.63, 3.8) is 0 Å². The van der Waals surface area contributed by atoms with Crippen LogP contribution in [0, 0.1) is 50.2 Å². The molecule has 0 aromatic carbocycles. The van der Waals surface area contributed by atoms with Crippen LogP contribution in [0.3, 0.4) is 0 Å². The Morgan fingerprint density at radius 1 is 0.875 bits per heavy atom. The molecular weight excluding hydrogens is 392 g/mol. The molecular formula is C30H48O2. The summed E-state index contributed by atoms with van der Waals surface area (Å²) >= 11 is 0. The third kappa shape index (κ3) is 2.71. The summed E-state index contributed by atoms with van der Waals surface area (Å²) in [6, 6.07) is 0. The number of aldehydes is 1.